The van der Waals surface area contributed by atoms with Crippen LogP contribution in [0.1, 0.15) is 35.2 Å². The smallest absolute Gasteiger partial charge is 0.338 e. The lowest BCUT2D eigenvalue weighted by molar-refractivity contribution is -0.119. The van der Waals surface area contributed by atoms with Crippen LogP contribution in [-0.2, 0) is 19.6 Å². The number of amides is 1. The number of ether oxygens (including phenoxy) is 1. The largest absolute Gasteiger partial charge is 0.452 e. The molecule has 2 aromatic rings. The van der Waals surface area contributed by atoms with Crippen LogP contribution in [0.25, 0.3) is 0 Å². The molecule has 8 heteroatoms. The van der Waals surface area contributed by atoms with E-state index in [0.717, 1.165) is 24.8 Å². The van der Waals surface area contributed by atoms with Crippen LogP contribution in [0.3, 0.4) is 0 Å². The van der Waals surface area contributed by atoms with Gasteiger partial charge >= 0.3 is 5.97 Å². The predicted octanol–water partition coefficient (Wildman–Crippen LogP) is 2.97. The van der Waals surface area contributed by atoms with Crippen molar-refractivity contribution < 1.29 is 22.7 Å². The summed E-state index contributed by atoms with van der Waals surface area (Å²) < 4.78 is 31.8. The van der Waals surface area contributed by atoms with Gasteiger partial charge < -0.3 is 10.1 Å². The Bertz CT molecular complexity index is 980. The van der Waals surface area contributed by atoms with Crippen LogP contribution < -0.4 is 5.32 Å². The molecule has 0 aliphatic carbocycles. The Morgan fingerprint density at radius 3 is 2.38 bits per heavy atom. The van der Waals surface area contributed by atoms with Crippen LogP contribution in [0.15, 0.2) is 53.4 Å². The van der Waals surface area contributed by atoms with Crippen molar-refractivity contribution in [2.45, 2.75) is 31.1 Å². The molecule has 154 valence electrons. The molecule has 0 radical (unpaired) electrons. The Balaban J connectivity index is 1.55. The number of hydrogen-bond acceptors (Lipinski definition) is 5. The lowest BCUT2D eigenvalue weighted by Crippen LogP contribution is -2.35. The maximum Gasteiger partial charge on any atom is 0.338 e. The standard InChI is InChI=1S/C21H24N2O5S/c1-16-6-5-7-17(14-16)21(25)28-15-20(24)22-18-8-10-19(11-9-18)29(26,27)23-12-3-2-4-13-23/h5-11,14H,2-4,12-13,15H2,1H3,(H,22,24). The summed E-state index contributed by atoms with van der Waals surface area (Å²) in [6.45, 7) is 2.50. The van der Waals surface area contributed by atoms with Crippen molar-refractivity contribution in [3.8, 4) is 0 Å². The second-order valence-electron chi connectivity index (χ2n) is 6.98. The van der Waals surface area contributed by atoms with E-state index in [9.17, 15) is 18.0 Å². The third-order valence-corrected chi connectivity index (χ3v) is 6.59. The van der Waals surface area contributed by atoms with Gasteiger partial charge in [-0.1, -0.05) is 24.1 Å². The summed E-state index contributed by atoms with van der Waals surface area (Å²) in [5.41, 5.74) is 1.73. The van der Waals surface area contributed by atoms with Gasteiger partial charge in [0.15, 0.2) is 6.61 Å². The first-order valence-electron chi connectivity index (χ1n) is 9.50. The number of nitrogens with zero attached hydrogens (tertiary/aromatic N) is 1. The number of hydrogen-bond donors (Lipinski definition) is 1. The second kappa shape index (κ2) is 9.19. The van der Waals surface area contributed by atoms with E-state index >= 15 is 0 Å². The highest BCUT2D eigenvalue weighted by Crippen LogP contribution is 2.22. The van der Waals surface area contributed by atoms with Gasteiger partial charge in [-0.3, -0.25) is 4.79 Å². The molecule has 0 spiro atoms. The zero-order chi connectivity index (χ0) is 20.9. The monoisotopic (exact) mass is 416 g/mol. The number of rotatable bonds is 6. The van der Waals surface area contributed by atoms with Crippen LogP contribution in [0.4, 0.5) is 5.69 Å². The number of esters is 1. The summed E-state index contributed by atoms with van der Waals surface area (Å²) in [5, 5.41) is 2.59. The van der Waals surface area contributed by atoms with Crippen molar-refractivity contribution in [2.24, 2.45) is 0 Å². The molecule has 1 saturated heterocycles. The lowest BCUT2D eigenvalue weighted by Gasteiger charge is -2.25. The average Bonchev–Trinajstić information content (AvgIpc) is 2.73. The van der Waals surface area contributed by atoms with Crippen molar-refractivity contribution in [3.63, 3.8) is 0 Å². The highest BCUT2D eigenvalue weighted by molar-refractivity contribution is 7.89. The summed E-state index contributed by atoms with van der Waals surface area (Å²) in [4.78, 5) is 24.2. The Morgan fingerprint density at radius 2 is 1.72 bits per heavy atom. The van der Waals surface area contributed by atoms with Crippen molar-refractivity contribution in [3.05, 3.63) is 59.7 Å². The molecule has 7 nitrogen and oxygen atoms in total. The topological polar surface area (TPSA) is 92.8 Å². The van der Waals surface area contributed by atoms with Gasteiger partial charge in [0, 0.05) is 18.8 Å². The van der Waals surface area contributed by atoms with Gasteiger partial charge in [0.25, 0.3) is 5.91 Å². The fourth-order valence-electron chi connectivity index (χ4n) is 3.15. The van der Waals surface area contributed by atoms with Crippen molar-refractivity contribution in [1.82, 2.24) is 4.31 Å². The summed E-state index contributed by atoms with van der Waals surface area (Å²) in [6.07, 6.45) is 2.79. The van der Waals surface area contributed by atoms with Gasteiger partial charge in [0.1, 0.15) is 0 Å². The molecule has 0 atom stereocenters. The van der Waals surface area contributed by atoms with E-state index in [0.29, 0.717) is 24.3 Å². The first kappa shape index (κ1) is 21.0. The molecule has 1 N–H and O–H groups in total. The summed E-state index contributed by atoms with van der Waals surface area (Å²) in [7, 11) is -3.51. The summed E-state index contributed by atoms with van der Waals surface area (Å²) >= 11 is 0. The second-order valence-corrected chi connectivity index (χ2v) is 8.92. The van der Waals surface area contributed by atoms with Gasteiger partial charge in [-0.15, -0.1) is 0 Å². The van der Waals surface area contributed by atoms with Crippen LogP contribution in [0.5, 0.6) is 0 Å². The summed E-state index contributed by atoms with van der Waals surface area (Å²) in [6, 6.07) is 12.9. The maximum absolute atomic E-state index is 12.6. The van der Waals surface area contributed by atoms with E-state index in [1.165, 1.54) is 28.6 Å². The molecule has 1 heterocycles. The molecule has 1 aliphatic heterocycles. The first-order chi connectivity index (χ1) is 13.9. The number of carbonyl (C=O) groups is 2. The minimum Gasteiger partial charge on any atom is -0.452 e. The fourth-order valence-corrected chi connectivity index (χ4v) is 4.67. The van der Waals surface area contributed by atoms with Crippen molar-refractivity contribution >= 4 is 27.6 Å². The quantitative estimate of drug-likeness (QED) is 0.731. The van der Waals surface area contributed by atoms with E-state index in [1.807, 2.05) is 13.0 Å². The number of anilines is 1. The zero-order valence-electron chi connectivity index (χ0n) is 16.3. The molecule has 3 rings (SSSR count). The van der Waals surface area contributed by atoms with E-state index in [2.05, 4.69) is 5.32 Å². The maximum atomic E-state index is 12.6. The molecular formula is C21H24N2O5S. The van der Waals surface area contributed by atoms with E-state index in [-0.39, 0.29) is 4.90 Å². The SMILES string of the molecule is Cc1cccc(C(=O)OCC(=O)Nc2ccc(S(=O)(=O)N3CCCCC3)cc2)c1. The van der Waals surface area contributed by atoms with Gasteiger partial charge in [-0.25, -0.2) is 13.2 Å². The average molecular weight is 416 g/mol. The zero-order valence-corrected chi connectivity index (χ0v) is 17.1. The van der Waals surface area contributed by atoms with Crippen molar-refractivity contribution in [2.75, 3.05) is 25.0 Å². The van der Waals surface area contributed by atoms with Gasteiger partial charge in [-0.05, 0) is 56.2 Å². The number of piperidine rings is 1. The van der Waals surface area contributed by atoms with Crippen LogP contribution in [0, 0.1) is 6.92 Å². The van der Waals surface area contributed by atoms with Gasteiger partial charge in [0.2, 0.25) is 10.0 Å². The van der Waals surface area contributed by atoms with Crippen molar-refractivity contribution in [1.29, 1.82) is 0 Å². The first-order valence-corrected chi connectivity index (χ1v) is 10.9. The normalized spacial score (nSPS) is 14.9. The highest BCUT2D eigenvalue weighted by atomic mass is 32.2. The molecular weight excluding hydrogens is 392 g/mol. The number of sulfonamides is 1. The van der Waals surface area contributed by atoms with Gasteiger partial charge in [0.05, 0.1) is 10.5 Å². The molecule has 1 aliphatic rings. The van der Waals surface area contributed by atoms with Crippen LogP contribution in [0.2, 0.25) is 0 Å². The molecule has 1 fully saturated rings. The van der Waals surface area contributed by atoms with Crippen LogP contribution in [-0.4, -0.2) is 44.3 Å². The molecule has 0 aromatic heterocycles. The third kappa shape index (κ3) is 5.42. The summed E-state index contributed by atoms with van der Waals surface area (Å²) in [5.74, 6) is -1.08. The Labute approximate surface area is 170 Å². The highest BCUT2D eigenvalue weighted by Gasteiger charge is 2.25. The number of aryl methyl sites for hydroxylation is 1. The minimum absolute atomic E-state index is 0.197. The lowest BCUT2D eigenvalue weighted by atomic mass is 10.1. The van der Waals surface area contributed by atoms with E-state index in [1.54, 1.807) is 18.2 Å². The van der Waals surface area contributed by atoms with E-state index in [4.69, 9.17) is 4.74 Å². The third-order valence-electron chi connectivity index (χ3n) is 4.68. The number of carbonyl (C=O) groups excluding carboxylic acids is 2. The molecule has 29 heavy (non-hydrogen) atoms. The fraction of sp³-hybridized carbons (Fsp3) is 0.333. The Morgan fingerprint density at radius 1 is 1.03 bits per heavy atom. The molecule has 0 unspecified atom stereocenters. The number of benzene rings is 2. The minimum atomic E-state index is -3.51. The van der Waals surface area contributed by atoms with Gasteiger partial charge in [-0.2, -0.15) is 4.31 Å². The predicted molar refractivity (Wildman–Crippen MR) is 109 cm³/mol. The molecule has 2 aromatic carbocycles. The van der Waals surface area contributed by atoms with Crippen LogP contribution >= 0.6 is 0 Å². The Kier molecular flexibility index (Phi) is 6.66. The van der Waals surface area contributed by atoms with E-state index < -0.39 is 28.5 Å². The molecule has 1 amide bonds. The number of nitrogens with one attached hydrogen (secondary N) is 1. The molecule has 0 bridgehead atoms. The Hall–Kier alpha value is -2.71. The molecule has 0 saturated carbocycles.